The summed E-state index contributed by atoms with van der Waals surface area (Å²) in [5.74, 6) is 0. The number of anilines is 1. The van der Waals surface area contributed by atoms with Gasteiger partial charge in [-0.25, -0.2) is 0 Å². The molecule has 0 spiro atoms. The summed E-state index contributed by atoms with van der Waals surface area (Å²) in [6.07, 6.45) is 1.94. The molecule has 0 aromatic heterocycles. The van der Waals surface area contributed by atoms with Crippen LogP contribution < -0.4 is 10.7 Å². The first-order chi connectivity index (χ1) is 10.7. The van der Waals surface area contributed by atoms with Crippen molar-refractivity contribution in [2.45, 2.75) is 26.7 Å². The van der Waals surface area contributed by atoms with Crippen molar-refractivity contribution in [3.8, 4) is 0 Å². The van der Waals surface area contributed by atoms with Crippen LogP contribution in [-0.2, 0) is 0 Å². The lowest BCUT2D eigenvalue weighted by atomic mass is 10.1. The van der Waals surface area contributed by atoms with Crippen LogP contribution in [0.2, 0.25) is 0 Å². The van der Waals surface area contributed by atoms with Crippen molar-refractivity contribution in [3.05, 3.63) is 65.7 Å². The highest BCUT2D eigenvalue weighted by Crippen LogP contribution is 2.09. The number of aryl methyl sites for hydroxylation is 1. The first kappa shape index (κ1) is 16.2. The third-order valence-electron chi connectivity index (χ3n) is 3.20. The van der Waals surface area contributed by atoms with Crippen LogP contribution in [0.25, 0.3) is 0 Å². The molecule has 2 rings (SSSR count). The molecule has 3 nitrogen and oxygen atoms in total. The Kier molecular flexibility index (Phi) is 6.10. The predicted molar refractivity (Wildman–Crippen MR) is 98.4 cm³/mol. The third kappa shape index (κ3) is 4.97. The minimum absolute atomic E-state index is 0.494. The zero-order valence-electron chi connectivity index (χ0n) is 13.0. The summed E-state index contributed by atoms with van der Waals surface area (Å²) in [5.41, 5.74) is 7.24. The van der Waals surface area contributed by atoms with E-state index in [2.05, 4.69) is 41.8 Å². The summed E-state index contributed by atoms with van der Waals surface area (Å²) in [6, 6.07) is 18.2. The van der Waals surface area contributed by atoms with E-state index in [0.29, 0.717) is 5.11 Å². The van der Waals surface area contributed by atoms with Gasteiger partial charge < -0.3 is 5.32 Å². The van der Waals surface area contributed by atoms with Crippen molar-refractivity contribution in [1.29, 1.82) is 0 Å². The molecule has 0 aliphatic rings. The van der Waals surface area contributed by atoms with Crippen LogP contribution in [-0.4, -0.2) is 10.8 Å². The van der Waals surface area contributed by atoms with Crippen molar-refractivity contribution in [2.24, 2.45) is 5.10 Å². The number of benzene rings is 2. The van der Waals surface area contributed by atoms with Crippen molar-refractivity contribution in [3.63, 3.8) is 0 Å². The fourth-order valence-corrected chi connectivity index (χ4v) is 2.21. The summed E-state index contributed by atoms with van der Waals surface area (Å²) in [6.45, 7) is 4.20. The van der Waals surface area contributed by atoms with Gasteiger partial charge in [0.15, 0.2) is 5.11 Å². The van der Waals surface area contributed by atoms with Gasteiger partial charge in [0.25, 0.3) is 0 Å². The molecular weight excluding hydrogens is 290 g/mol. The molecule has 0 aliphatic carbocycles. The van der Waals surface area contributed by atoms with Gasteiger partial charge in [-0.3, -0.25) is 5.43 Å². The number of rotatable bonds is 5. The lowest BCUT2D eigenvalue weighted by Crippen LogP contribution is -2.25. The first-order valence-corrected chi connectivity index (χ1v) is 7.85. The maximum Gasteiger partial charge on any atom is 0.191 e. The molecule has 0 unspecified atom stereocenters. The molecule has 0 aliphatic heterocycles. The van der Waals surface area contributed by atoms with Crippen LogP contribution in [0.4, 0.5) is 5.69 Å². The Hall–Kier alpha value is -2.20. The van der Waals surface area contributed by atoms with E-state index in [1.54, 1.807) is 0 Å². The number of thiocarbonyl (C=S) groups is 1. The molecule has 0 atom stereocenters. The molecule has 2 aromatic carbocycles. The Morgan fingerprint density at radius 3 is 2.36 bits per heavy atom. The minimum Gasteiger partial charge on any atom is -0.331 e. The summed E-state index contributed by atoms with van der Waals surface area (Å²) < 4.78 is 0. The van der Waals surface area contributed by atoms with Gasteiger partial charge >= 0.3 is 0 Å². The SMILES string of the molecule is CCCC(=NNC(=S)Nc1ccc(C)cc1)c1ccccc1. The van der Waals surface area contributed by atoms with Crippen molar-refractivity contribution >= 4 is 28.7 Å². The fourth-order valence-electron chi connectivity index (χ4n) is 2.05. The van der Waals surface area contributed by atoms with Crippen LogP contribution in [0, 0.1) is 6.92 Å². The van der Waals surface area contributed by atoms with E-state index in [1.807, 2.05) is 42.5 Å². The van der Waals surface area contributed by atoms with Crippen LogP contribution >= 0.6 is 12.2 Å². The van der Waals surface area contributed by atoms with E-state index < -0.39 is 0 Å². The molecule has 2 N–H and O–H groups in total. The average molecular weight is 311 g/mol. The Balaban J connectivity index is 2.01. The molecule has 0 amide bonds. The lowest BCUT2D eigenvalue weighted by Gasteiger charge is -2.10. The molecule has 2 aromatic rings. The maximum atomic E-state index is 5.29. The van der Waals surface area contributed by atoms with Crippen molar-refractivity contribution in [1.82, 2.24) is 5.43 Å². The zero-order valence-corrected chi connectivity index (χ0v) is 13.8. The predicted octanol–water partition coefficient (Wildman–Crippen LogP) is 4.49. The number of nitrogens with zero attached hydrogens (tertiary/aromatic N) is 1. The zero-order chi connectivity index (χ0) is 15.8. The summed E-state index contributed by atoms with van der Waals surface area (Å²) in [7, 11) is 0. The van der Waals surface area contributed by atoms with Gasteiger partial charge in [0.2, 0.25) is 0 Å². The summed E-state index contributed by atoms with van der Waals surface area (Å²) in [5, 5.41) is 8.09. The topological polar surface area (TPSA) is 36.4 Å². The number of hydrogen-bond donors (Lipinski definition) is 2. The average Bonchev–Trinajstić information content (AvgIpc) is 2.54. The molecule has 0 fully saturated rings. The molecule has 22 heavy (non-hydrogen) atoms. The van der Waals surface area contributed by atoms with Crippen LogP contribution in [0.5, 0.6) is 0 Å². The molecule has 114 valence electrons. The van der Waals surface area contributed by atoms with E-state index in [4.69, 9.17) is 12.2 Å². The Morgan fingerprint density at radius 1 is 1.05 bits per heavy atom. The van der Waals surface area contributed by atoms with Gasteiger partial charge in [0.05, 0.1) is 5.71 Å². The maximum absolute atomic E-state index is 5.29. The molecule has 0 heterocycles. The molecule has 0 bridgehead atoms. The van der Waals surface area contributed by atoms with E-state index in [0.717, 1.165) is 29.8 Å². The lowest BCUT2D eigenvalue weighted by molar-refractivity contribution is 0.954. The summed E-state index contributed by atoms with van der Waals surface area (Å²) >= 11 is 5.29. The number of nitrogens with one attached hydrogen (secondary N) is 2. The monoisotopic (exact) mass is 311 g/mol. The largest absolute Gasteiger partial charge is 0.331 e. The van der Waals surface area contributed by atoms with E-state index in [9.17, 15) is 0 Å². The molecule has 0 saturated heterocycles. The van der Waals surface area contributed by atoms with Gasteiger partial charge in [-0.2, -0.15) is 5.10 Å². The van der Waals surface area contributed by atoms with E-state index >= 15 is 0 Å². The second kappa shape index (κ2) is 8.29. The van der Waals surface area contributed by atoms with Crippen LogP contribution in [0.3, 0.4) is 0 Å². The minimum atomic E-state index is 0.494. The molecule has 4 heteroatoms. The van der Waals surface area contributed by atoms with Gasteiger partial charge in [-0.1, -0.05) is 61.4 Å². The van der Waals surface area contributed by atoms with Gasteiger partial charge in [-0.15, -0.1) is 0 Å². The number of hydrazone groups is 1. The Labute approximate surface area is 137 Å². The van der Waals surface area contributed by atoms with Gasteiger partial charge in [0, 0.05) is 5.69 Å². The normalized spacial score (nSPS) is 11.1. The van der Waals surface area contributed by atoms with Crippen molar-refractivity contribution in [2.75, 3.05) is 5.32 Å². The van der Waals surface area contributed by atoms with Gasteiger partial charge in [0.1, 0.15) is 0 Å². The standard InChI is InChI=1S/C18H21N3S/c1-3-7-17(15-8-5-4-6-9-15)20-21-18(22)19-16-12-10-14(2)11-13-16/h4-6,8-13H,3,7H2,1-2H3,(H2,19,21,22). The highest BCUT2D eigenvalue weighted by atomic mass is 32.1. The Morgan fingerprint density at radius 2 is 1.73 bits per heavy atom. The van der Waals surface area contributed by atoms with E-state index in [1.165, 1.54) is 5.56 Å². The molecule has 0 radical (unpaired) electrons. The fraction of sp³-hybridized carbons (Fsp3) is 0.222. The van der Waals surface area contributed by atoms with Crippen LogP contribution in [0.1, 0.15) is 30.9 Å². The summed E-state index contributed by atoms with van der Waals surface area (Å²) in [4.78, 5) is 0. The smallest absolute Gasteiger partial charge is 0.191 e. The second-order valence-electron chi connectivity index (χ2n) is 5.11. The quantitative estimate of drug-likeness (QED) is 0.485. The first-order valence-electron chi connectivity index (χ1n) is 7.44. The van der Waals surface area contributed by atoms with Crippen LogP contribution in [0.15, 0.2) is 59.7 Å². The Bertz CT molecular complexity index is 633. The molecular formula is C18H21N3S. The number of hydrogen-bond acceptors (Lipinski definition) is 2. The highest BCUT2D eigenvalue weighted by Gasteiger charge is 2.03. The van der Waals surface area contributed by atoms with Gasteiger partial charge in [-0.05, 0) is 43.3 Å². The molecule has 0 saturated carbocycles. The second-order valence-corrected chi connectivity index (χ2v) is 5.51. The van der Waals surface area contributed by atoms with Crippen molar-refractivity contribution < 1.29 is 0 Å². The van der Waals surface area contributed by atoms with E-state index in [-0.39, 0.29) is 0 Å². The highest BCUT2D eigenvalue weighted by molar-refractivity contribution is 7.80. The third-order valence-corrected chi connectivity index (χ3v) is 3.39.